The SMILES string of the molecule is Fc1ccc(NC(=S)NCCCn2ccnc2)cc1Cl. The van der Waals surface area contributed by atoms with Crippen molar-refractivity contribution in [2.24, 2.45) is 0 Å². The van der Waals surface area contributed by atoms with Gasteiger partial charge in [-0.25, -0.2) is 9.37 Å². The van der Waals surface area contributed by atoms with Crippen molar-refractivity contribution in [1.82, 2.24) is 14.9 Å². The third-order valence-electron chi connectivity index (χ3n) is 2.62. The Morgan fingerprint density at radius 3 is 3.00 bits per heavy atom. The van der Waals surface area contributed by atoms with E-state index in [1.165, 1.54) is 12.1 Å². The van der Waals surface area contributed by atoms with Gasteiger partial charge in [-0.3, -0.25) is 0 Å². The molecule has 2 aromatic rings. The van der Waals surface area contributed by atoms with Crippen LogP contribution in [0.5, 0.6) is 0 Å². The quantitative estimate of drug-likeness (QED) is 0.658. The third-order valence-corrected chi connectivity index (χ3v) is 3.15. The molecule has 0 aliphatic heterocycles. The second-order valence-electron chi connectivity index (χ2n) is 4.16. The highest BCUT2D eigenvalue weighted by molar-refractivity contribution is 7.80. The number of aromatic nitrogens is 2. The highest BCUT2D eigenvalue weighted by Gasteiger charge is 2.02. The zero-order chi connectivity index (χ0) is 14.4. The van der Waals surface area contributed by atoms with Gasteiger partial charge in [0.2, 0.25) is 0 Å². The van der Waals surface area contributed by atoms with Crippen LogP contribution >= 0.6 is 23.8 Å². The van der Waals surface area contributed by atoms with E-state index in [0.717, 1.165) is 19.5 Å². The molecule has 0 aliphatic carbocycles. The van der Waals surface area contributed by atoms with Crippen LogP contribution < -0.4 is 10.6 Å². The standard InChI is InChI=1S/C13H14ClFN4S/c14-11-8-10(2-3-12(11)15)18-13(20)17-4-1-6-19-7-5-16-9-19/h2-3,5,7-9H,1,4,6H2,(H2,17,18,20). The van der Waals surface area contributed by atoms with Crippen LogP contribution in [0.1, 0.15) is 6.42 Å². The number of benzene rings is 1. The minimum Gasteiger partial charge on any atom is -0.362 e. The molecule has 0 spiro atoms. The minimum absolute atomic E-state index is 0.0675. The largest absolute Gasteiger partial charge is 0.362 e. The van der Waals surface area contributed by atoms with Gasteiger partial charge in [-0.1, -0.05) is 11.6 Å². The molecule has 0 saturated carbocycles. The lowest BCUT2D eigenvalue weighted by molar-refractivity contribution is 0.628. The van der Waals surface area contributed by atoms with E-state index >= 15 is 0 Å². The van der Waals surface area contributed by atoms with Crippen molar-refractivity contribution in [3.63, 3.8) is 0 Å². The lowest BCUT2D eigenvalue weighted by Gasteiger charge is -2.11. The van der Waals surface area contributed by atoms with Crippen LogP contribution in [0, 0.1) is 5.82 Å². The molecule has 1 heterocycles. The van der Waals surface area contributed by atoms with E-state index in [1.54, 1.807) is 18.6 Å². The van der Waals surface area contributed by atoms with Crippen LogP contribution in [0.25, 0.3) is 0 Å². The first-order chi connectivity index (χ1) is 9.65. The summed E-state index contributed by atoms with van der Waals surface area (Å²) in [6.07, 6.45) is 6.36. The maximum atomic E-state index is 13.0. The number of hydrogen-bond donors (Lipinski definition) is 2. The Labute approximate surface area is 127 Å². The van der Waals surface area contributed by atoms with Gasteiger partial charge in [-0.05, 0) is 36.8 Å². The van der Waals surface area contributed by atoms with Gasteiger partial charge < -0.3 is 15.2 Å². The summed E-state index contributed by atoms with van der Waals surface area (Å²) >= 11 is 10.8. The molecule has 0 bridgehead atoms. The molecule has 4 nitrogen and oxygen atoms in total. The van der Waals surface area contributed by atoms with Crippen molar-refractivity contribution >= 4 is 34.6 Å². The first-order valence-corrected chi connectivity index (χ1v) is 6.89. The third kappa shape index (κ3) is 4.47. The van der Waals surface area contributed by atoms with Crippen LogP contribution in [-0.4, -0.2) is 21.2 Å². The summed E-state index contributed by atoms with van der Waals surface area (Å²) in [5, 5.41) is 6.58. The molecule has 2 rings (SSSR count). The average Bonchev–Trinajstić information content (AvgIpc) is 2.92. The van der Waals surface area contributed by atoms with E-state index in [1.807, 2.05) is 10.8 Å². The average molecular weight is 313 g/mol. The molecule has 2 N–H and O–H groups in total. The van der Waals surface area contributed by atoms with Gasteiger partial charge in [0, 0.05) is 31.2 Å². The molecule has 0 atom stereocenters. The summed E-state index contributed by atoms with van der Waals surface area (Å²) in [6.45, 7) is 1.61. The molecule has 0 amide bonds. The highest BCUT2D eigenvalue weighted by atomic mass is 35.5. The molecule has 0 aliphatic rings. The monoisotopic (exact) mass is 312 g/mol. The zero-order valence-corrected chi connectivity index (χ0v) is 12.2. The van der Waals surface area contributed by atoms with Crippen LogP contribution in [-0.2, 0) is 6.54 Å². The van der Waals surface area contributed by atoms with Crippen LogP contribution in [0.3, 0.4) is 0 Å². The molecule has 0 unspecified atom stereocenters. The minimum atomic E-state index is -0.448. The molecule has 7 heteroatoms. The normalized spacial score (nSPS) is 10.3. The number of thiocarbonyl (C=S) groups is 1. The zero-order valence-electron chi connectivity index (χ0n) is 10.6. The van der Waals surface area contributed by atoms with Gasteiger partial charge in [0.15, 0.2) is 5.11 Å². The molecular formula is C13H14ClFN4S. The number of halogens is 2. The van der Waals surface area contributed by atoms with Gasteiger partial charge in [0.1, 0.15) is 5.82 Å². The number of rotatable bonds is 5. The Morgan fingerprint density at radius 2 is 2.30 bits per heavy atom. The Balaban J connectivity index is 1.71. The van der Waals surface area contributed by atoms with E-state index in [9.17, 15) is 4.39 Å². The Morgan fingerprint density at radius 1 is 1.45 bits per heavy atom. The summed E-state index contributed by atoms with van der Waals surface area (Å²) in [4.78, 5) is 3.97. The Bertz CT molecular complexity index is 574. The van der Waals surface area contributed by atoms with Gasteiger partial charge >= 0.3 is 0 Å². The summed E-state index contributed by atoms with van der Waals surface area (Å²) in [7, 11) is 0. The smallest absolute Gasteiger partial charge is 0.170 e. The first-order valence-electron chi connectivity index (χ1n) is 6.11. The van der Waals surface area contributed by atoms with E-state index in [-0.39, 0.29) is 5.02 Å². The van der Waals surface area contributed by atoms with Crippen molar-refractivity contribution in [1.29, 1.82) is 0 Å². The molecule has 0 saturated heterocycles. The van der Waals surface area contributed by atoms with Crippen LogP contribution in [0.4, 0.5) is 10.1 Å². The molecular weight excluding hydrogens is 299 g/mol. The van der Waals surface area contributed by atoms with Crippen molar-refractivity contribution in [2.75, 3.05) is 11.9 Å². The highest BCUT2D eigenvalue weighted by Crippen LogP contribution is 2.19. The number of imidazole rings is 1. The number of hydrogen-bond acceptors (Lipinski definition) is 2. The van der Waals surface area contributed by atoms with E-state index in [0.29, 0.717) is 10.8 Å². The van der Waals surface area contributed by atoms with Gasteiger partial charge in [-0.15, -0.1) is 0 Å². The van der Waals surface area contributed by atoms with E-state index < -0.39 is 5.82 Å². The maximum Gasteiger partial charge on any atom is 0.170 e. The number of aryl methyl sites for hydroxylation is 1. The summed E-state index contributed by atoms with van der Waals surface area (Å²) in [5.41, 5.74) is 0.656. The van der Waals surface area contributed by atoms with Gasteiger partial charge in [0.05, 0.1) is 11.3 Å². The fraction of sp³-hybridized carbons (Fsp3) is 0.231. The fourth-order valence-corrected chi connectivity index (χ4v) is 2.03. The topological polar surface area (TPSA) is 41.9 Å². The predicted molar refractivity (Wildman–Crippen MR) is 82.5 cm³/mol. The predicted octanol–water partition coefficient (Wildman–Crippen LogP) is 3.05. The van der Waals surface area contributed by atoms with Crippen molar-refractivity contribution in [3.8, 4) is 0 Å². The maximum absolute atomic E-state index is 13.0. The second kappa shape index (κ2) is 7.21. The number of nitrogens with zero attached hydrogens (tertiary/aromatic N) is 2. The van der Waals surface area contributed by atoms with Crippen molar-refractivity contribution < 1.29 is 4.39 Å². The Hall–Kier alpha value is -1.66. The van der Waals surface area contributed by atoms with Gasteiger partial charge in [0.25, 0.3) is 0 Å². The van der Waals surface area contributed by atoms with Crippen molar-refractivity contribution in [3.05, 3.63) is 47.8 Å². The van der Waals surface area contributed by atoms with E-state index in [4.69, 9.17) is 23.8 Å². The summed E-state index contributed by atoms with van der Waals surface area (Å²) in [6, 6.07) is 4.38. The Kier molecular flexibility index (Phi) is 5.31. The van der Waals surface area contributed by atoms with Gasteiger partial charge in [-0.2, -0.15) is 0 Å². The van der Waals surface area contributed by atoms with Crippen molar-refractivity contribution in [2.45, 2.75) is 13.0 Å². The van der Waals surface area contributed by atoms with Crippen LogP contribution in [0.2, 0.25) is 5.02 Å². The lowest BCUT2D eigenvalue weighted by Crippen LogP contribution is -2.29. The molecule has 1 aromatic carbocycles. The summed E-state index contributed by atoms with van der Waals surface area (Å²) < 4.78 is 15.0. The molecule has 20 heavy (non-hydrogen) atoms. The van der Waals surface area contributed by atoms with E-state index in [2.05, 4.69) is 15.6 Å². The number of nitrogens with one attached hydrogen (secondary N) is 2. The fourth-order valence-electron chi connectivity index (χ4n) is 1.63. The molecule has 106 valence electrons. The van der Waals surface area contributed by atoms with Crippen LogP contribution in [0.15, 0.2) is 36.9 Å². The summed E-state index contributed by atoms with van der Waals surface area (Å²) in [5.74, 6) is -0.448. The second-order valence-corrected chi connectivity index (χ2v) is 4.98. The number of anilines is 1. The molecule has 0 fully saturated rings. The lowest BCUT2D eigenvalue weighted by atomic mass is 10.3. The first kappa shape index (κ1) is 14.7. The molecule has 0 radical (unpaired) electrons. The molecule has 1 aromatic heterocycles.